The third-order valence-corrected chi connectivity index (χ3v) is 3.19. The number of anilines is 1. The van der Waals surface area contributed by atoms with Crippen molar-refractivity contribution in [3.8, 4) is 11.3 Å². The van der Waals surface area contributed by atoms with Crippen molar-refractivity contribution >= 4 is 5.82 Å². The summed E-state index contributed by atoms with van der Waals surface area (Å²) in [5.74, 6) is 0.970. The van der Waals surface area contributed by atoms with E-state index < -0.39 is 0 Å². The van der Waals surface area contributed by atoms with Crippen LogP contribution in [0.5, 0.6) is 0 Å². The molecular weight excluding hydrogens is 234 g/mol. The van der Waals surface area contributed by atoms with E-state index in [1.807, 2.05) is 0 Å². The van der Waals surface area contributed by atoms with E-state index in [-0.39, 0.29) is 0 Å². The van der Waals surface area contributed by atoms with Gasteiger partial charge in [-0.15, -0.1) is 0 Å². The minimum atomic E-state index is 0.876. The van der Waals surface area contributed by atoms with Crippen molar-refractivity contribution in [2.24, 2.45) is 0 Å². The molecule has 0 fully saturated rings. The number of aryl methyl sites for hydroxylation is 1. The Labute approximate surface area is 115 Å². The maximum Gasteiger partial charge on any atom is 0.133 e. The summed E-state index contributed by atoms with van der Waals surface area (Å²) in [5, 5.41) is 3.34. The number of nitrogens with zero attached hydrogens (tertiary/aromatic N) is 2. The summed E-state index contributed by atoms with van der Waals surface area (Å²) < 4.78 is 0. The van der Waals surface area contributed by atoms with Gasteiger partial charge in [-0.2, -0.15) is 0 Å². The van der Waals surface area contributed by atoms with Crippen molar-refractivity contribution < 1.29 is 0 Å². The molecule has 1 heterocycles. The number of nitrogens with one attached hydrogen (secondary N) is 1. The minimum Gasteiger partial charge on any atom is -0.370 e. The molecule has 2 rings (SSSR count). The van der Waals surface area contributed by atoms with E-state index in [0.717, 1.165) is 30.9 Å². The van der Waals surface area contributed by atoms with Crippen molar-refractivity contribution in [3.05, 3.63) is 41.7 Å². The van der Waals surface area contributed by atoms with Crippen molar-refractivity contribution in [2.75, 3.05) is 11.9 Å². The molecule has 0 saturated heterocycles. The van der Waals surface area contributed by atoms with Crippen LogP contribution in [-0.2, 0) is 6.42 Å². The van der Waals surface area contributed by atoms with Gasteiger partial charge in [0.05, 0.1) is 5.69 Å². The molecule has 19 heavy (non-hydrogen) atoms. The molecular formula is C16H21N3. The predicted octanol–water partition coefficient (Wildman–Crippen LogP) is 3.84. The number of rotatable bonds is 5. The van der Waals surface area contributed by atoms with E-state index in [9.17, 15) is 0 Å². The largest absolute Gasteiger partial charge is 0.370 e. The summed E-state index contributed by atoms with van der Waals surface area (Å²) in [7, 11) is 0. The van der Waals surface area contributed by atoms with E-state index in [0.29, 0.717) is 0 Å². The molecule has 3 nitrogen and oxygen atoms in total. The fraction of sp³-hybridized carbons (Fsp3) is 0.375. The lowest BCUT2D eigenvalue weighted by Crippen LogP contribution is -2.06. The van der Waals surface area contributed by atoms with Crippen LogP contribution in [0.25, 0.3) is 11.3 Å². The van der Waals surface area contributed by atoms with Crippen molar-refractivity contribution in [2.45, 2.75) is 33.6 Å². The highest BCUT2D eigenvalue weighted by Crippen LogP contribution is 2.28. The van der Waals surface area contributed by atoms with E-state index in [4.69, 9.17) is 0 Å². The van der Waals surface area contributed by atoms with Crippen LogP contribution in [0, 0.1) is 6.92 Å². The zero-order valence-electron chi connectivity index (χ0n) is 11.9. The standard InChI is InChI=1S/C16H21N3/c1-4-8-14-15(13-10-7-6-9-12(13)3)18-11-19-16(14)17-5-2/h6-7,9-11H,4-5,8H2,1-3H3,(H,17,18,19). The zero-order chi connectivity index (χ0) is 13.7. The molecule has 0 radical (unpaired) electrons. The quantitative estimate of drug-likeness (QED) is 0.882. The first-order valence-electron chi connectivity index (χ1n) is 6.91. The lowest BCUT2D eigenvalue weighted by atomic mass is 9.99. The molecule has 1 aromatic carbocycles. The second-order valence-corrected chi connectivity index (χ2v) is 4.64. The van der Waals surface area contributed by atoms with Gasteiger partial charge >= 0.3 is 0 Å². The van der Waals surface area contributed by atoms with E-state index >= 15 is 0 Å². The topological polar surface area (TPSA) is 37.8 Å². The van der Waals surface area contributed by atoms with Gasteiger partial charge in [0.15, 0.2) is 0 Å². The molecule has 0 spiro atoms. The predicted molar refractivity (Wildman–Crippen MR) is 80.4 cm³/mol. The third-order valence-electron chi connectivity index (χ3n) is 3.19. The highest BCUT2D eigenvalue weighted by Gasteiger charge is 2.13. The molecule has 0 saturated carbocycles. The van der Waals surface area contributed by atoms with Crippen LogP contribution < -0.4 is 5.32 Å². The van der Waals surface area contributed by atoms with Crippen LogP contribution in [-0.4, -0.2) is 16.5 Å². The Kier molecular flexibility index (Phi) is 4.50. The maximum absolute atomic E-state index is 4.52. The number of hydrogen-bond acceptors (Lipinski definition) is 3. The Morgan fingerprint density at radius 1 is 1.11 bits per heavy atom. The fourth-order valence-electron chi connectivity index (χ4n) is 2.29. The molecule has 0 unspecified atom stereocenters. The van der Waals surface area contributed by atoms with Crippen LogP contribution >= 0.6 is 0 Å². The lowest BCUT2D eigenvalue weighted by Gasteiger charge is -2.14. The van der Waals surface area contributed by atoms with Gasteiger partial charge in [0.25, 0.3) is 0 Å². The van der Waals surface area contributed by atoms with E-state index in [2.05, 4.69) is 60.3 Å². The van der Waals surface area contributed by atoms with Gasteiger partial charge in [-0.25, -0.2) is 9.97 Å². The van der Waals surface area contributed by atoms with Gasteiger partial charge in [0, 0.05) is 17.7 Å². The Balaban J connectivity index is 2.56. The second kappa shape index (κ2) is 6.32. The summed E-state index contributed by atoms with van der Waals surface area (Å²) in [6, 6.07) is 8.38. The molecule has 1 N–H and O–H groups in total. The van der Waals surface area contributed by atoms with Crippen LogP contribution in [0.3, 0.4) is 0 Å². The molecule has 0 aliphatic heterocycles. The first-order valence-corrected chi connectivity index (χ1v) is 6.91. The van der Waals surface area contributed by atoms with Crippen molar-refractivity contribution in [3.63, 3.8) is 0 Å². The van der Waals surface area contributed by atoms with Gasteiger partial charge in [0.1, 0.15) is 12.1 Å². The highest BCUT2D eigenvalue weighted by molar-refractivity contribution is 5.70. The van der Waals surface area contributed by atoms with Crippen LogP contribution in [0.2, 0.25) is 0 Å². The average molecular weight is 255 g/mol. The summed E-state index contributed by atoms with van der Waals surface area (Å²) in [4.78, 5) is 8.90. The maximum atomic E-state index is 4.52. The van der Waals surface area contributed by atoms with Gasteiger partial charge in [-0.1, -0.05) is 37.6 Å². The Morgan fingerprint density at radius 2 is 1.89 bits per heavy atom. The molecule has 0 atom stereocenters. The lowest BCUT2D eigenvalue weighted by molar-refractivity contribution is 0.902. The highest BCUT2D eigenvalue weighted by atomic mass is 15.0. The molecule has 2 aromatic rings. The Hall–Kier alpha value is -1.90. The molecule has 0 aliphatic rings. The molecule has 0 amide bonds. The van der Waals surface area contributed by atoms with Crippen LogP contribution in [0.15, 0.2) is 30.6 Å². The smallest absolute Gasteiger partial charge is 0.133 e. The zero-order valence-corrected chi connectivity index (χ0v) is 11.9. The minimum absolute atomic E-state index is 0.876. The second-order valence-electron chi connectivity index (χ2n) is 4.64. The van der Waals surface area contributed by atoms with Crippen molar-refractivity contribution in [1.82, 2.24) is 9.97 Å². The fourth-order valence-corrected chi connectivity index (χ4v) is 2.29. The summed E-state index contributed by atoms with van der Waals surface area (Å²) in [5.41, 5.74) is 4.74. The van der Waals surface area contributed by atoms with Gasteiger partial charge in [0.2, 0.25) is 0 Å². The summed E-state index contributed by atoms with van der Waals surface area (Å²) >= 11 is 0. The SMILES string of the molecule is CCCc1c(NCC)ncnc1-c1ccccc1C. The van der Waals surface area contributed by atoms with Gasteiger partial charge in [-0.05, 0) is 25.8 Å². The molecule has 0 bridgehead atoms. The molecule has 1 aromatic heterocycles. The Bertz CT molecular complexity index is 549. The summed E-state index contributed by atoms with van der Waals surface area (Å²) in [6.45, 7) is 7.27. The van der Waals surface area contributed by atoms with E-state index in [1.165, 1.54) is 16.7 Å². The third kappa shape index (κ3) is 2.92. The molecule has 100 valence electrons. The molecule has 3 heteroatoms. The van der Waals surface area contributed by atoms with Crippen LogP contribution in [0.1, 0.15) is 31.4 Å². The normalized spacial score (nSPS) is 10.5. The van der Waals surface area contributed by atoms with Crippen LogP contribution in [0.4, 0.5) is 5.82 Å². The number of aromatic nitrogens is 2. The monoisotopic (exact) mass is 255 g/mol. The first kappa shape index (κ1) is 13.5. The number of benzene rings is 1. The van der Waals surface area contributed by atoms with Gasteiger partial charge < -0.3 is 5.32 Å². The summed E-state index contributed by atoms with van der Waals surface area (Å²) in [6.07, 6.45) is 3.73. The van der Waals surface area contributed by atoms with E-state index in [1.54, 1.807) is 6.33 Å². The average Bonchev–Trinajstić information content (AvgIpc) is 2.42. The van der Waals surface area contributed by atoms with Gasteiger partial charge in [-0.3, -0.25) is 0 Å². The molecule has 0 aliphatic carbocycles. The number of hydrogen-bond donors (Lipinski definition) is 1. The van der Waals surface area contributed by atoms with Crippen molar-refractivity contribution in [1.29, 1.82) is 0 Å². The first-order chi connectivity index (χ1) is 9.27. The Morgan fingerprint density at radius 3 is 2.58 bits per heavy atom.